The number of benzene rings is 2. The van der Waals surface area contributed by atoms with Crippen molar-refractivity contribution < 1.29 is 24.3 Å². The molecule has 0 unspecified atom stereocenters. The smallest absolute Gasteiger partial charge is 0.338 e. The summed E-state index contributed by atoms with van der Waals surface area (Å²) in [6, 6.07) is 0.813. The highest BCUT2D eigenvalue weighted by Crippen LogP contribution is 2.46. The van der Waals surface area contributed by atoms with Gasteiger partial charge in [0.15, 0.2) is 5.78 Å². The molecular formula is C19H13Br6N3O5. The van der Waals surface area contributed by atoms with Crippen molar-refractivity contribution in [3.8, 4) is 0 Å². The number of carboxylic acid groups (broad SMARTS) is 1. The molecule has 0 atom stereocenters. The van der Waals surface area contributed by atoms with E-state index in [1.165, 1.54) is 7.05 Å². The molecule has 0 spiro atoms. The highest BCUT2D eigenvalue weighted by Gasteiger charge is 2.35. The summed E-state index contributed by atoms with van der Waals surface area (Å²) in [4.78, 5) is 51.7. The zero-order valence-electron chi connectivity index (χ0n) is 16.7. The lowest BCUT2D eigenvalue weighted by atomic mass is 9.98. The molecule has 0 aromatic heterocycles. The number of carbonyl (C=O) groups excluding carboxylic acids is 3. The number of hydrogen-bond acceptors (Lipinski definition) is 5. The second-order valence-corrected chi connectivity index (χ2v) is 11.2. The van der Waals surface area contributed by atoms with Gasteiger partial charge in [-0.2, -0.15) is 0 Å². The fourth-order valence-corrected chi connectivity index (χ4v) is 8.32. The van der Waals surface area contributed by atoms with Crippen molar-refractivity contribution >= 4 is 125 Å². The molecule has 0 fully saturated rings. The quantitative estimate of drug-likeness (QED) is 0.311. The minimum absolute atomic E-state index is 0.000946. The summed E-state index contributed by atoms with van der Waals surface area (Å²) in [7, 11) is 1.29. The number of aromatic carboxylic acids is 1. The van der Waals surface area contributed by atoms with Crippen LogP contribution in [0.2, 0.25) is 0 Å². The molecule has 0 saturated heterocycles. The van der Waals surface area contributed by atoms with E-state index in [1.54, 1.807) is 13.0 Å². The van der Waals surface area contributed by atoms with Crippen LogP contribution < -0.4 is 16.0 Å². The molecular weight excluding hydrogens is 830 g/mol. The Kier molecular flexibility index (Phi) is 9.88. The first-order chi connectivity index (χ1) is 15.3. The van der Waals surface area contributed by atoms with Gasteiger partial charge in [-0.15, -0.1) is 0 Å². The fraction of sp³-hybridized carbons (Fsp3) is 0.158. The maximum absolute atomic E-state index is 13.8. The van der Waals surface area contributed by atoms with Crippen LogP contribution in [-0.2, 0) is 4.79 Å². The van der Waals surface area contributed by atoms with Gasteiger partial charge >= 0.3 is 12.0 Å². The largest absolute Gasteiger partial charge is 0.478 e. The highest BCUT2D eigenvalue weighted by atomic mass is 79.9. The number of carboxylic acids is 1. The molecule has 14 heteroatoms. The van der Waals surface area contributed by atoms with Gasteiger partial charge in [-0.05, 0) is 98.2 Å². The number of rotatable bonds is 5. The molecule has 3 amide bonds. The van der Waals surface area contributed by atoms with Gasteiger partial charge in [-0.3, -0.25) is 9.59 Å². The van der Waals surface area contributed by atoms with E-state index < -0.39 is 30.2 Å². The molecule has 33 heavy (non-hydrogen) atoms. The molecule has 0 aliphatic carbocycles. The van der Waals surface area contributed by atoms with E-state index in [-0.39, 0.29) is 35.8 Å². The number of nitrogens with two attached hydrogens (primary N) is 1. The van der Waals surface area contributed by atoms with E-state index in [1.807, 2.05) is 0 Å². The van der Waals surface area contributed by atoms with Gasteiger partial charge in [0.2, 0.25) is 5.91 Å². The van der Waals surface area contributed by atoms with Crippen LogP contribution in [0.1, 0.15) is 31.8 Å². The van der Waals surface area contributed by atoms with Gasteiger partial charge < -0.3 is 16.2 Å². The molecule has 2 aromatic carbocycles. The second kappa shape index (κ2) is 11.4. The molecule has 4 N–H and O–H groups in total. The Balaban J connectivity index is 3.04. The minimum Gasteiger partial charge on any atom is -0.478 e. The zero-order chi connectivity index (χ0) is 25.4. The number of imide groups is 1. The van der Waals surface area contributed by atoms with Crippen molar-refractivity contribution in [1.82, 2.24) is 5.32 Å². The maximum Gasteiger partial charge on any atom is 0.338 e. The molecule has 0 heterocycles. The lowest BCUT2D eigenvalue weighted by Crippen LogP contribution is -2.46. The van der Waals surface area contributed by atoms with Crippen LogP contribution in [0.5, 0.6) is 0 Å². The second-order valence-electron chi connectivity index (χ2n) is 6.32. The number of carbonyl (C=O) groups is 4. The van der Waals surface area contributed by atoms with Crippen LogP contribution in [0.15, 0.2) is 32.9 Å². The average Bonchev–Trinajstić information content (AvgIpc) is 2.73. The Bertz CT molecular complexity index is 1200. The first-order valence-electron chi connectivity index (χ1n) is 8.68. The van der Waals surface area contributed by atoms with Crippen LogP contribution in [0, 0.1) is 6.92 Å². The van der Waals surface area contributed by atoms with Crippen molar-refractivity contribution in [2.24, 2.45) is 5.73 Å². The SMILES string of the molecule is CNC(=O)N(C(=O)CN)c1c(Br)c(C(=O)O)c(Br)c(C(=O)c2c(Br)cc(Br)c(C)c2Br)c1Br. The van der Waals surface area contributed by atoms with Crippen LogP contribution in [0.3, 0.4) is 0 Å². The fourth-order valence-electron chi connectivity index (χ4n) is 2.80. The molecule has 0 saturated carbocycles. The summed E-state index contributed by atoms with van der Waals surface area (Å²) in [5, 5.41) is 12.2. The minimum atomic E-state index is -1.40. The maximum atomic E-state index is 13.8. The van der Waals surface area contributed by atoms with Gasteiger partial charge in [0.1, 0.15) is 0 Å². The van der Waals surface area contributed by atoms with Crippen molar-refractivity contribution in [2.45, 2.75) is 6.92 Å². The van der Waals surface area contributed by atoms with E-state index >= 15 is 0 Å². The molecule has 8 nitrogen and oxygen atoms in total. The van der Waals surface area contributed by atoms with Crippen LogP contribution in [0.25, 0.3) is 0 Å². The standard InChI is InChI=1S/C19H13Br6N3O5/c1-5-6(20)3-7(21)9(12(5)22)17(30)10-13(23)11(18(31)32)15(25)16(14(10)24)28(8(29)4-26)19(33)27-2/h3H,4,26H2,1-2H3,(H,27,33)(H,31,32). The number of halogens is 6. The number of ketones is 1. The Morgan fingerprint density at radius 2 is 1.45 bits per heavy atom. The summed E-state index contributed by atoms with van der Waals surface area (Å²) < 4.78 is 1.46. The van der Waals surface area contributed by atoms with E-state index in [0.717, 1.165) is 10.0 Å². The lowest BCUT2D eigenvalue weighted by molar-refractivity contribution is -0.116. The Morgan fingerprint density at radius 1 is 0.909 bits per heavy atom. The molecule has 2 aromatic rings. The molecule has 0 radical (unpaired) electrons. The third-order valence-corrected chi connectivity index (χ3v) is 9.20. The summed E-state index contributed by atoms with van der Waals surface area (Å²) >= 11 is 19.9. The number of anilines is 1. The lowest BCUT2D eigenvalue weighted by Gasteiger charge is -2.25. The van der Waals surface area contributed by atoms with Crippen LogP contribution in [-0.4, -0.2) is 42.4 Å². The van der Waals surface area contributed by atoms with Gasteiger partial charge in [0.05, 0.1) is 37.9 Å². The zero-order valence-corrected chi connectivity index (χ0v) is 26.2. The normalized spacial score (nSPS) is 10.7. The Hall–Kier alpha value is -0.640. The number of hydrogen-bond donors (Lipinski definition) is 3. The third-order valence-electron chi connectivity index (χ3n) is 4.43. The van der Waals surface area contributed by atoms with Crippen molar-refractivity contribution in [3.05, 3.63) is 55.2 Å². The van der Waals surface area contributed by atoms with Crippen LogP contribution >= 0.6 is 95.6 Å². The van der Waals surface area contributed by atoms with Gasteiger partial charge in [-0.25, -0.2) is 14.5 Å². The van der Waals surface area contributed by atoms with E-state index in [9.17, 15) is 24.3 Å². The topological polar surface area (TPSA) is 130 Å². The predicted molar refractivity (Wildman–Crippen MR) is 145 cm³/mol. The molecule has 176 valence electrons. The van der Waals surface area contributed by atoms with Crippen molar-refractivity contribution in [2.75, 3.05) is 18.5 Å². The number of urea groups is 1. The molecule has 0 bridgehead atoms. The summed E-state index contributed by atoms with van der Waals surface area (Å²) in [5.74, 6) is -2.82. The monoisotopic (exact) mass is 837 g/mol. The van der Waals surface area contributed by atoms with Gasteiger partial charge in [0, 0.05) is 24.9 Å². The van der Waals surface area contributed by atoms with Crippen LogP contribution in [0.4, 0.5) is 10.5 Å². The van der Waals surface area contributed by atoms with E-state index in [0.29, 0.717) is 13.8 Å². The predicted octanol–water partition coefficient (Wildman–Crippen LogP) is 6.13. The summed E-state index contributed by atoms with van der Waals surface area (Å²) in [6.07, 6.45) is 0. The number of nitrogens with one attached hydrogen (secondary N) is 1. The van der Waals surface area contributed by atoms with Gasteiger partial charge in [0.25, 0.3) is 0 Å². The van der Waals surface area contributed by atoms with E-state index in [2.05, 4.69) is 101 Å². The first kappa shape index (κ1) is 28.6. The summed E-state index contributed by atoms with van der Waals surface area (Å²) in [6.45, 7) is 1.24. The first-order valence-corrected chi connectivity index (χ1v) is 13.4. The molecule has 0 aliphatic rings. The third kappa shape index (κ3) is 5.31. The van der Waals surface area contributed by atoms with Crippen molar-refractivity contribution in [1.29, 1.82) is 0 Å². The van der Waals surface area contributed by atoms with Crippen molar-refractivity contribution in [3.63, 3.8) is 0 Å². The van der Waals surface area contributed by atoms with Gasteiger partial charge in [-0.1, -0.05) is 15.9 Å². The average molecular weight is 843 g/mol. The number of nitrogens with zero attached hydrogens (tertiary/aromatic N) is 1. The molecule has 0 aliphatic heterocycles. The Morgan fingerprint density at radius 3 is 1.94 bits per heavy atom. The van der Waals surface area contributed by atoms with E-state index in [4.69, 9.17) is 5.73 Å². The Labute approximate surface area is 238 Å². The number of amides is 3. The highest BCUT2D eigenvalue weighted by molar-refractivity contribution is 9.12. The summed E-state index contributed by atoms with van der Waals surface area (Å²) in [5.41, 5.74) is 5.75. The molecule has 2 rings (SSSR count).